The van der Waals surface area contributed by atoms with Crippen molar-refractivity contribution in [3.8, 4) is 0 Å². The Balaban J connectivity index is 1.86. The molecule has 1 saturated heterocycles. The van der Waals surface area contributed by atoms with Crippen LogP contribution in [0.5, 0.6) is 0 Å². The van der Waals surface area contributed by atoms with E-state index in [1.54, 1.807) is 13.0 Å². The average molecular weight is 384 g/mol. The summed E-state index contributed by atoms with van der Waals surface area (Å²) in [5.41, 5.74) is -0.647. The molecule has 1 unspecified atom stereocenters. The number of aliphatic hydroxyl groups is 1. The summed E-state index contributed by atoms with van der Waals surface area (Å²) in [4.78, 5) is 6.60. The molecule has 8 heteroatoms. The first-order valence-electron chi connectivity index (χ1n) is 9.39. The number of nitrogens with zero attached hydrogens (tertiary/aromatic N) is 2. The zero-order valence-corrected chi connectivity index (χ0v) is 16.1. The number of morpholine rings is 1. The van der Waals surface area contributed by atoms with Crippen LogP contribution in [0, 0.1) is 11.6 Å². The van der Waals surface area contributed by atoms with Gasteiger partial charge in [0, 0.05) is 32.7 Å². The number of nitrogens with one attached hydrogen (secondary N) is 2. The second kappa shape index (κ2) is 10.5. The zero-order valence-electron chi connectivity index (χ0n) is 16.1. The predicted octanol–water partition coefficient (Wildman–Crippen LogP) is 1.15. The maximum absolute atomic E-state index is 13.7. The fourth-order valence-electron chi connectivity index (χ4n) is 2.94. The molecule has 27 heavy (non-hydrogen) atoms. The normalized spacial score (nSPS) is 18.2. The molecular weight excluding hydrogens is 354 g/mol. The van der Waals surface area contributed by atoms with E-state index >= 15 is 0 Å². The second-order valence-electron chi connectivity index (χ2n) is 6.97. The van der Waals surface area contributed by atoms with Gasteiger partial charge in [0.15, 0.2) is 17.6 Å². The molecule has 1 aromatic carbocycles. The maximum Gasteiger partial charge on any atom is 0.191 e. The molecule has 1 aromatic rings. The van der Waals surface area contributed by atoms with E-state index in [1.165, 1.54) is 6.07 Å². The molecule has 0 aliphatic carbocycles. The molecule has 1 aliphatic heterocycles. The van der Waals surface area contributed by atoms with Crippen LogP contribution in [0.1, 0.15) is 19.4 Å². The number of aliphatic imine (C=N–C) groups is 1. The van der Waals surface area contributed by atoms with Gasteiger partial charge in [0.05, 0.1) is 25.4 Å². The molecule has 0 radical (unpaired) electrons. The zero-order chi connectivity index (χ0) is 19.7. The van der Waals surface area contributed by atoms with Crippen LogP contribution < -0.4 is 10.6 Å². The quantitative estimate of drug-likeness (QED) is 0.463. The third kappa shape index (κ3) is 7.40. The van der Waals surface area contributed by atoms with E-state index in [0.717, 1.165) is 19.2 Å². The fraction of sp³-hybridized carbons (Fsp3) is 0.632. The van der Waals surface area contributed by atoms with Crippen LogP contribution in [-0.4, -0.2) is 74.0 Å². The van der Waals surface area contributed by atoms with E-state index in [-0.39, 0.29) is 6.54 Å². The monoisotopic (exact) mass is 384 g/mol. The van der Waals surface area contributed by atoms with Crippen LogP contribution in [-0.2, 0) is 11.2 Å². The van der Waals surface area contributed by atoms with Crippen molar-refractivity contribution in [1.82, 2.24) is 15.5 Å². The summed E-state index contributed by atoms with van der Waals surface area (Å²) in [7, 11) is 0. The maximum atomic E-state index is 13.7. The van der Waals surface area contributed by atoms with Gasteiger partial charge in [0.1, 0.15) is 0 Å². The standard InChI is InChI=1S/C19H30F2N4O2/c1-3-22-18(23-8-7-15-5-4-6-16(20)17(15)21)24-13-19(2,26)14-25-9-11-27-12-10-25/h4-6,26H,3,7-14H2,1-2H3,(H2,22,23,24). The predicted molar refractivity (Wildman–Crippen MR) is 102 cm³/mol. The first-order valence-corrected chi connectivity index (χ1v) is 9.39. The topological polar surface area (TPSA) is 69.1 Å². The van der Waals surface area contributed by atoms with E-state index in [0.29, 0.717) is 50.8 Å². The highest BCUT2D eigenvalue weighted by Gasteiger charge is 2.25. The number of rotatable bonds is 8. The Labute approximate surface area is 159 Å². The van der Waals surface area contributed by atoms with Crippen molar-refractivity contribution in [2.45, 2.75) is 25.9 Å². The molecule has 2 rings (SSSR count). The average Bonchev–Trinajstić information content (AvgIpc) is 2.64. The van der Waals surface area contributed by atoms with Crippen molar-refractivity contribution in [1.29, 1.82) is 0 Å². The molecule has 0 aromatic heterocycles. The van der Waals surface area contributed by atoms with E-state index in [2.05, 4.69) is 20.5 Å². The number of hydrogen-bond acceptors (Lipinski definition) is 4. The van der Waals surface area contributed by atoms with E-state index in [9.17, 15) is 13.9 Å². The van der Waals surface area contributed by atoms with E-state index in [1.807, 2.05) is 6.92 Å². The largest absolute Gasteiger partial charge is 0.387 e. The number of hydrogen-bond donors (Lipinski definition) is 3. The van der Waals surface area contributed by atoms with Crippen LogP contribution in [0.15, 0.2) is 23.2 Å². The van der Waals surface area contributed by atoms with E-state index < -0.39 is 17.2 Å². The van der Waals surface area contributed by atoms with Crippen LogP contribution in [0.25, 0.3) is 0 Å². The molecule has 152 valence electrons. The number of ether oxygens (including phenoxy) is 1. The molecule has 0 bridgehead atoms. The van der Waals surface area contributed by atoms with E-state index in [4.69, 9.17) is 4.74 Å². The Hall–Kier alpha value is -1.77. The highest BCUT2D eigenvalue weighted by atomic mass is 19.2. The number of β-amino-alcohol motifs (C(OH)–C–C–N with tert-alkyl or cyclic N) is 1. The Bertz CT molecular complexity index is 620. The molecule has 0 amide bonds. The van der Waals surface area contributed by atoms with Crippen molar-refractivity contribution >= 4 is 5.96 Å². The Morgan fingerprint density at radius 1 is 1.30 bits per heavy atom. The third-order valence-electron chi connectivity index (χ3n) is 4.31. The Kier molecular flexibility index (Phi) is 8.40. The molecule has 3 N–H and O–H groups in total. The highest BCUT2D eigenvalue weighted by molar-refractivity contribution is 5.79. The van der Waals surface area contributed by atoms with Gasteiger partial charge in [-0.05, 0) is 31.9 Å². The lowest BCUT2D eigenvalue weighted by atomic mass is 10.1. The number of benzene rings is 1. The minimum Gasteiger partial charge on any atom is -0.387 e. The molecule has 1 aliphatic rings. The fourth-order valence-corrected chi connectivity index (χ4v) is 2.94. The summed E-state index contributed by atoms with van der Waals surface area (Å²) in [6.45, 7) is 8.48. The van der Waals surface area contributed by atoms with Gasteiger partial charge in [0.25, 0.3) is 0 Å². The van der Waals surface area contributed by atoms with Crippen molar-refractivity contribution < 1.29 is 18.6 Å². The molecule has 0 spiro atoms. The van der Waals surface area contributed by atoms with Crippen LogP contribution in [0.3, 0.4) is 0 Å². The van der Waals surface area contributed by atoms with Crippen molar-refractivity contribution in [2.75, 3.05) is 52.5 Å². The molecule has 1 heterocycles. The number of guanidine groups is 1. The van der Waals surface area contributed by atoms with Gasteiger partial charge >= 0.3 is 0 Å². The minimum atomic E-state index is -0.964. The summed E-state index contributed by atoms with van der Waals surface area (Å²) in [5.74, 6) is -1.11. The van der Waals surface area contributed by atoms with Crippen LogP contribution >= 0.6 is 0 Å². The minimum absolute atomic E-state index is 0.230. The van der Waals surface area contributed by atoms with Gasteiger partial charge in [-0.15, -0.1) is 0 Å². The lowest BCUT2D eigenvalue weighted by molar-refractivity contribution is -0.0179. The van der Waals surface area contributed by atoms with Crippen molar-refractivity contribution in [3.63, 3.8) is 0 Å². The molecular formula is C19H30F2N4O2. The third-order valence-corrected chi connectivity index (χ3v) is 4.31. The second-order valence-corrected chi connectivity index (χ2v) is 6.97. The van der Waals surface area contributed by atoms with Crippen molar-refractivity contribution in [3.05, 3.63) is 35.4 Å². The summed E-state index contributed by atoms with van der Waals surface area (Å²) in [6, 6.07) is 4.17. The van der Waals surface area contributed by atoms with Crippen molar-refractivity contribution in [2.24, 2.45) is 4.99 Å². The summed E-state index contributed by atoms with van der Waals surface area (Å²) >= 11 is 0. The van der Waals surface area contributed by atoms with Gasteiger partial charge in [-0.1, -0.05) is 12.1 Å². The summed E-state index contributed by atoms with van der Waals surface area (Å²) < 4.78 is 32.3. The summed E-state index contributed by atoms with van der Waals surface area (Å²) in [5, 5.41) is 16.8. The van der Waals surface area contributed by atoms with Gasteiger partial charge < -0.3 is 20.5 Å². The smallest absolute Gasteiger partial charge is 0.191 e. The Morgan fingerprint density at radius 2 is 2.04 bits per heavy atom. The van der Waals surface area contributed by atoms with Gasteiger partial charge in [-0.2, -0.15) is 0 Å². The highest BCUT2D eigenvalue weighted by Crippen LogP contribution is 2.11. The van der Waals surface area contributed by atoms with Gasteiger partial charge in [-0.3, -0.25) is 9.89 Å². The van der Waals surface area contributed by atoms with Gasteiger partial charge in [-0.25, -0.2) is 8.78 Å². The Morgan fingerprint density at radius 3 is 2.74 bits per heavy atom. The van der Waals surface area contributed by atoms with Crippen LogP contribution in [0.2, 0.25) is 0 Å². The number of halogens is 2. The lowest BCUT2D eigenvalue weighted by Crippen LogP contribution is -2.48. The molecule has 0 saturated carbocycles. The lowest BCUT2D eigenvalue weighted by Gasteiger charge is -2.33. The molecule has 1 fully saturated rings. The SMILES string of the molecule is CCNC(=NCC(C)(O)CN1CCOCC1)NCCc1cccc(F)c1F. The molecule has 6 nitrogen and oxygen atoms in total. The first kappa shape index (κ1) is 21.5. The summed E-state index contributed by atoms with van der Waals surface area (Å²) in [6.07, 6.45) is 0.332. The van der Waals surface area contributed by atoms with Crippen LogP contribution in [0.4, 0.5) is 8.78 Å². The van der Waals surface area contributed by atoms with Gasteiger partial charge in [0.2, 0.25) is 0 Å². The first-order chi connectivity index (χ1) is 12.9. The molecule has 1 atom stereocenters.